The predicted octanol–water partition coefficient (Wildman–Crippen LogP) is 2.73. The molecule has 1 atom stereocenters. The lowest BCUT2D eigenvalue weighted by Gasteiger charge is -2.36. The average molecular weight is 404 g/mol. The summed E-state index contributed by atoms with van der Waals surface area (Å²) >= 11 is 0. The highest BCUT2D eigenvalue weighted by atomic mass is 35.5. The minimum absolute atomic E-state index is 0. The highest BCUT2D eigenvalue weighted by Gasteiger charge is 2.27. The van der Waals surface area contributed by atoms with Crippen molar-refractivity contribution in [2.24, 2.45) is 0 Å². The van der Waals surface area contributed by atoms with E-state index < -0.39 is 0 Å². The lowest BCUT2D eigenvalue weighted by molar-refractivity contribution is -0.123. The first kappa shape index (κ1) is 22.2. The number of nitrogens with zero attached hydrogens (tertiary/aromatic N) is 1. The Labute approximate surface area is 173 Å². The first-order valence-electron chi connectivity index (χ1n) is 9.58. The van der Waals surface area contributed by atoms with E-state index in [2.05, 4.69) is 40.7 Å². The molecule has 3 rings (SSSR count). The molecule has 28 heavy (non-hydrogen) atoms. The van der Waals surface area contributed by atoms with E-state index >= 15 is 0 Å². The number of nitrogens with one attached hydrogen (secondary N) is 2. The maximum atomic E-state index is 12.5. The van der Waals surface area contributed by atoms with Gasteiger partial charge < -0.3 is 15.4 Å². The molecule has 1 aliphatic rings. The van der Waals surface area contributed by atoms with Gasteiger partial charge in [0.05, 0.1) is 19.7 Å². The molecule has 6 heteroatoms. The molecule has 1 heterocycles. The summed E-state index contributed by atoms with van der Waals surface area (Å²) in [7, 11) is 1.69. The Morgan fingerprint density at radius 1 is 1.21 bits per heavy atom. The zero-order chi connectivity index (χ0) is 19.1. The third-order valence-electron chi connectivity index (χ3n) is 5.18. The van der Waals surface area contributed by atoms with Gasteiger partial charge in [0, 0.05) is 31.7 Å². The van der Waals surface area contributed by atoms with Crippen molar-refractivity contribution in [3.63, 3.8) is 0 Å². The van der Waals surface area contributed by atoms with Gasteiger partial charge in [-0.2, -0.15) is 0 Å². The van der Waals surface area contributed by atoms with Crippen molar-refractivity contribution in [2.75, 3.05) is 39.8 Å². The number of halogens is 1. The molecule has 0 spiro atoms. The van der Waals surface area contributed by atoms with Gasteiger partial charge in [0.1, 0.15) is 5.75 Å². The average Bonchev–Trinajstić information content (AvgIpc) is 2.70. The molecule has 2 aromatic carbocycles. The minimum Gasteiger partial charge on any atom is -0.496 e. The van der Waals surface area contributed by atoms with Crippen LogP contribution >= 0.6 is 12.4 Å². The van der Waals surface area contributed by atoms with E-state index in [1.54, 1.807) is 7.11 Å². The van der Waals surface area contributed by atoms with Crippen LogP contribution in [0.1, 0.15) is 22.7 Å². The van der Waals surface area contributed by atoms with Gasteiger partial charge in [0.2, 0.25) is 5.91 Å². The number of piperazine rings is 1. The second kappa shape index (κ2) is 11.1. The zero-order valence-corrected chi connectivity index (χ0v) is 17.4. The van der Waals surface area contributed by atoms with Gasteiger partial charge in [-0.25, -0.2) is 0 Å². The predicted molar refractivity (Wildman–Crippen MR) is 115 cm³/mol. The Morgan fingerprint density at radius 3 is 2.75 bits per heavy atom. The van der Waals surface area contributed by atoms with Crippen LogP contribution in [0.4, 0.5) is 0 Å². The number of ether oxygens (including phenoxy) is 1. The molecular weight excluding hydrogens is 374 g/mol. The maximum Gasteiger partial charge on any atom is 0.234 e. The smallest absolute Gasteiger partial charge is 0.234 e. The van der Waals surface area contributed by atoms with Crippen molar-refractivity contribution in [1.82, 2.24) is 15.5 Å². The maximum absolute atomic E-state index is 12.5. The fourth-order valence-electron chi connectivity index (χ4n) is 3.65. The number of para-hydroxylation sites is 1. The number of aryl methyl sites for hydroxylation is 1. The lowest BCUT2D eigenvalue weighted by Crippen LogP contribution is -2.49. The number of rotatable bonds is 7. The van der Waals surface area contributed by atoms with E-state index in [1.165, 1.54) is 11.1 Å². The van der Waals surface area contributed by atoms with Crippen LogP contribution in [0, 0.1) is 6.92 Å². The summed E-state index contributed by atoms with van der Waals surface area (Å²) in [6.45, 7) is 5.72. The Kier molecular flexibility index (Phi) is 8.77. The molecule has 1 amide bonds. The molecule has 1 saturated heterocycles. The molecule has 0 saturated carbocycles. The first-order chi connectivity index (χ1) is 13.2. The number of methoxy groups -OCH3 is 1. The molecular formula is C22H30ClN3O2. The van der Waals surface area contributed by atoms with Crippen molar-refractivity contribution in [1.29, 1.82) is 0 Å². The van der Waals surface area contributed by atoms with E-state index in [1.807, 2.05) is 30.3 Å². The van der Waals surface area contributed by atoms with E-state index in [-0.39, 0.29) is 24.4 Å². The van der Waals surface area contributed by atoms with E-state index in [4.69, 9.17) is 4.74 Å². The lowest BCUT2D eigenvalue weighted by atomic mass is 10.0. The van der Waals surface area contributed by atoms with Crippen molar-refractivity contribution in [3.8, 4) is 5.75 Å². The molecule has 0 aromatic heterocycles. The molecule has 1 unspecified atom stereocenters. The van der Waals surface area contributed by atoms with Crippen LogP contribution in [0.25, 0.3) is 0 Å². The minimum atomic E-state index is 0. The Balaban J connectivity index is 0.00000280. The van der Waals surface area contributed by atoms with Crippen molar-refractivity contribution in [3.05, 3.63) is 65.2 Å². The van der Waals surface area contributed by atoms with Crippen LogP contribution in [-0.4, -0.2) is 50.6 Å². The van der Waals surface area contributed by atoms with E-state index in [0.717, 1.165) is 37.4 Å². The normalized spacial score (nSPS) is 16.9. The van der Waals surface area contributed by atoms with Crippen LogP contribution in [0.2, 0.25) is 0 Å². The van der Waals surface area contributed by atoms with Gasteiger partial charge in [-0.1, -0.05) is 42.5 Å². The number of hydrogen-bond acceptors (Lipinski definition) is 4. The Hall–Kier alpha value is -2.08. The third kappa shape index (κ3) is 5.71. The Morgan fingerprint density at radius 2 is 1.96 bits per heavy atom. The van der Waals surface area contributed by atoms with Gasteiger partial charge in [0.25, 0.3) is 0 Å². The number of benzene rings is 2. The van der Waals surface area contributed by atoms with Crippen LogP contribution in [-0.2, 0) is 11.2 Å². The SMILES string of the molecule is COc1ccccc1C1CNCCN1CC(=O)NCCc1ccccc1C.Cl. The van der Waals surface area contributed by atoms with Crippen LogP contribution in [0.5, 0.6) is 5.75 Å². The summed E-state index contributed by atoms with van der Waals surface area (Å²) in [6, 6.07) is 16.5. The molecule has 0 bridgehead atoms. The second-order valence-electron chi connectivity index (χ2n) is 6.96. The summed E-state index contributed by atoms with van der Waals surface area (Å²) in [5.74, 6) is 0.946. The fraction of sp³-hybridized carbons (Fsp3) is 0.409. The number of carbonyl (C=O) groups is 1. The number of hydrogen-bond donors (Lipinski definition) is 2. The van der Waals surface area contributed by atoms with Crippen molar-refractivity contribution >= 4 is 18.3 Å². The summed E-state index contributed by atoms with van der Waals surface area (Å²) in [5, 5.41) is 6.50. The summed E-state index contributed by atoms with van der Waals surface area (Å²) < 4.78 is 5.52. The van der Waals surface area contributed by atoms with Gasteiger partial charge in [-0.15, -0.1) is 12.4 Å². The van der Waals surface area contributed by atoms with E-state index in [0.29, 0.717) is 13.1 Å². The molecule has 0 radical (unpaired) electrons. The Bertz CT molecular complexity index is 769. The highest BCUT2D eigenvalue weighted by molar-refractivity contribution is 5.85. The van der Waals surface area contributed by atoms with Crippen LogP contribution in [0.3, 0.4) is 0 Å². The molecule has 1 aliphatic heterocycles. The highest BCUT2D eigenvalue weighted by Crippen LogP contribution is 2.29. The van der Waals surface area contributed by atoms with Gasteiger partial charge in [-0.3, -0.25) is 9.69 Å². The molecule has 1 fully saturated rings. The topological polar surface area (TPSA) is 53.6 Å². The quantitative estimate of drug-likeness (QED) is 0.746. The van der Waals surface area contributed by atoms with E-state index in [9.17, 15) is 4.79 Å². The van der Waals surface area contributed by atoms with Crippen molar-refractivity contribution in [2.45, 2.75) is 19.4 Å². The fourth-order valence-corrected chi connectivity index (χ4v) is 3.65. The van der Waals surface area contributed by atoms with Gasteiger partial charge in [0.15, 0.2) is 0 Å². The second-order valence-corrected chi connectivity index (χ2v) is 6.96. The third-order valence-corrected chi connectivity index (χ3v) is 5.18. The molecule has 2 aromatic rings. The molecule has 5 nitrogen and oxygen atoms in total. The zero-order valence-electron chi connectivity index (χ0n) is 16.6. The summed E-state index contributed by atoms with van der Waals surface area (Å²) in [4.78, 5) is 14.7. The van der Waals surface area contributed by atoms with Gasteiger partial charge >= 0.3 is 0 Å². The summed E-state index contributed by atoms with van der Waals surface area (Å²) in [5.41, 5.74) is 3.68. The number of carbonyl (C=O) groups excluding carboxylic acids is 1. The molecule has 2 N–H and O–H groups in total. The molecule has 152 valence electrons. The standard InChI is InChI=1S/C22H29N3O2.ClH/c1-17-7-3-4-8-18(17)11-12-24-22(26)16-25-14-13-23-15-20(25)19-9-5-6-10-21(19)27-2;/h3-10,20,23H,11-16H2,1-2H3,(H,24,26);1H. The largest absolute Gasteiger partial charge is 0.496 e. The van der Waals surface area contributed by atoms with Crippen LogP contribution in [0.15, 0.2) is 48.5 Å². The molecule has 0 aliphatic carbocycles. The van der Waals surface area contributed by atoms with Crippen molar-refractivity contribution < 1.29 is 9.53 Å². The first-order valence-corrected chi connectivity index (χ1v) is 9.58. The van der Waals surface area contributed by atoms with Gasteiger partial charge in [-0.05, 0) is 30.5 Å². The number of amides is 1. The monoisotopic (exact) mass is 403 g/mol. The van der Waals surface area contributed by atoms with Crippen LogP contribution < -0.4 is 15.4 Å². The summed E-state index contributed by atoms with van der Waals surface area (Å²) in [6.07, 6.45) is 0.857.